The van der Waals surface area contributed by atoms with Crippen molar-refractivity contribution >= 4 is 11.8 Å². The Hall–Kier alpha value is -0.470. The Balaban J connectivity index is 1.75. The number of benzene rings is 1. The second-order valence-corrected chi connectivity index (χ2v) is 8.05. The molecular weight excluding hydrogens is 250 g/mol. The molecule has 0 aliphatic heterocycles. The zero-order chi connectivity index (χ0) is 13.5. The number of nitrogens with one attached hydrogen (secondary N) is 1. The predicted molar refractivity (Wildman–Crippen MR) is 84.0 cm³/mol. The molecule has 2 aliphatic rings. The average Bonchev–Trinajstić information content (AvgIpc) is 2.93. The molecule has 1 N–H and O–H groups in total. The number of rotatable bonds is 3. The molecule has 1 aromatic carbocycles. The molecule has 0 spiro atoms. The zero-order valence-electron chi connectivity index (χ0n) is 12.3. The van der Waals surface area contributed by atoms with Gasteiger partial charge in [-0.1, -0.05) is 19.9 Å². The van der Waals surface area contributed by atoms with Crippen molar-refractivity contribution in [1.82, 2.24) is 5.32 Å². The van der Waals surface area contributed by atoms with Crippen LogP contribution in [0.3, 0.4) is 0 Å². The molecule has 19 heavy (non-hydrogen) atoms. The van der Waals surface area contributed by atoms with Crippen molar-refractivity contribution in [3.63, 3.8) is 0 Å². The third kappa shape index (κ3) is 2.57. The minimum absolute atomic E-state index is 0.434. The number of fused-ring (bicyclic) bond motifs is 1. The molecule has 1 fully saturated rings. The van der Waals surface area contributed by atoms with Gasteiger partial charge in [-0.25, -0.2) is 0 Å². The van der Waals surface area contributed by atoms with Gasteiger partial charge in [0.15, 0.2) is 0 Å². The van der Waals surface area contributed by atoms with Gasteiger partial charge in [0.05, 0.1) is 0 Å². The molecular formula is C17H25NS. The van der Waals surface area contributed by atoms with E-state index in [1.165, 1.54) is 37.0 Å². The highest BCUT2D eigenvalue weighted by Gasteiger charge is 2.41. The average molecular weight is 275 g/mol. The molecule has 0 heterocycles. The smallest absolute Gasteiger partial charge is 0.0253 e. The van der Waals surface area contributed by atoms with Crippen LogP contribution >= 0.6 is 11.8 Å². The van der Waals surface area contributed by atoms with Crippen LogP contribution in [-0.2, 0) is 12.8 Å². The van der Waals surface area contributed by atoms with E-state index in [2.05, 4.69) is 56.2 Å². The second-order valence-electron chi connectivity index (χ2n) is 6.73. The molecule has 0 saturated heterocycles. The van der Waals surface area contributed by atoms with Crippen LogP contribution in [0.5, 0.6) is 0 Å². The first-order valence-electron chi connectivity index (χ1n) is 7.56. The summed E-state index contributed by atoms with van der Waals surface area (Å²) in [6.07, 6.45) is 6.59. The molecule has 104 valence electrons. The van der Waals surface area contributed by atoms with Crippen LogP contribution in [0.15, 0.2) is 23.1 Å². The lowest BCUT2D eigenvalue weighted by Crippen LogP contribution is -2.41. The summed E-state index contributed by atoms with van der Waals surface area (Å²) in [5.74, 6) is 0. The number of thioether (sulfide) groups is 1. The molecule has 2 heteroatoms. The van der Waals surface area contributed by atoms with E-state index >= 15 is 0 Å². The minimum atomic E-state index is 0.434. The van der Waals surface area contributed by atoms with Gasteiger partial charge in [0.1, 0.15) is 0 Å². The summed E-state index contributed by atoms with van der Waals surface area (Å²) in [6.45, 7) is 4.80. The van der Waals surface area contributed by atoms with Crippen molar-refractivity contribution in [2.45, 2.75) is 62.1 Å². The molecule has 0 amide bonds. The fourth-order valence-electron chi connectivity index (χ4n) is 3.84. The summed E-state index contributed by atoms with van der Waals surface area (Å²) in [4.78, 5) is 1.48. The maximum atomic E-state index is 3.56. The largest absolute Gasteiger partial charge is 0.315 e. The summed E-state index contributed by atoms with van der Waals surface area (Å²) in [6, 6.07) is 7.78. The number of aryl methyl sites for hydroxylation is 2. The van der Waals surface area contributed by atoms with Crippen molar-refractivity contribution in [3.05, 3.63) is 29.3 Å². The molecule has 1 nitrogen and oxygen atoms in total. The van der Waals surface area contributed by atoms with Crippen LogP contribution in [0.25, 0.3) is 0 Å². The van der Waals surface area contributed by atoms with Gasteiger partial charge in [0.2, 0.25) is 0 Å². The first-order valence-corrected chi connectivity index (χ1v) is 8.44. The van der Waals surface area contributed by atoms with Crippen molar-refractivity contribution in [2.75, 3.05) is 7.05 Å². The highest BCUT2D eigenvalue weighted by Crippen LogP contribution is 2.45. The summed E-state index contributed by atoms with van der Waals surface area (Å²) in [5.41, 5.74) is 3.62. The Kier molecular flexibility index (Phi) is 3.65. The summed E-state index contributed by atoms with van der Waals surface area (Å²) in [5, 5.41) is 4.28. The van der Waals surface area contributed by atoms with Crippen molar-refractivity contribution < 1.29 is 0 Å². The Bertz CT molecular complexity index is 466. The minimum Gasteiger partial charge on any atom is -0.315 e. The van der Waals surface area contributed by atoms with E-state index < -0.39 is 0 Å². The quantitative estimate of drug-likeness (QED) is 0.893. The molecule has 2 aliphatic carbocycles. The van der Waals surface area contributed by atoms with Crippen LogP contribution in [-0.4, -0.2) is 18.3 Å². The van der Waals surface area contributed by atoms with E-state index in [1.54, 1.807) is 11.1 Å². The maximum Gasteiger partial charge on any atom is 0.0253 e. The molecule has 1 aromatic rings. The Labute approximate surface area is 121 Å². The lowest BCUT2D eigenvalue weighted by atomic mass is 9.87. The van der Waals surface area contributed by atoms with E-state index in [0.29, 0.717) is 11.5 Å². The Morgan fingerprint density at radius 2 is 2.00 bits per heavy atom. The van der Waals surface area contributed by atoms with E-state index in [-0.39, 0.29) is 0 Å². The van der Waals surface area contributed by atoms with Crippen molar-refractivity contribution in [1.29, 1.82) is 0 Å². The van der Waals surface area contributed by atoms with Gasteiger partial charge in [-0.3, -0.25) is 0 Å². The fraction of sp³-hybridized carbons (Fsp3) is 0.647. The first kappa shape index (κ1) is 13.5. The molecule has 3 rings (SSSR count). The Morgan fingerprint density at radius 3 is 2.79 bits per heavy atom. The van der Waals surface area contributed by atoms with Gasteiger partial charge < -0.3 is 5.32 Å². The van der Waals surface area contributed by atoms with E-state index in [9.17, 15) is 0 Å². The standard InChI is InChI=1S/C17H25NS/c1-17(2)10-9-15(16(17)18-3)19-14-8-7-12-5-4-6-13(12)11-14/h7-8,11,15-16,18H,4-6,9-10H2,1-3H3. The highest BCUT2D eigenvalue weighted by atomic mass is 32.2. The van der Waals surface area contributed by atoms with Gasteiger partial charge in [0, 0.05) is 16.2 Å². The van der Waals surface area contributed by atoms with E-state index in [0.717, 1.165) is 5.25 Å². The normalized spacial score (nSPS) is 28.6. The van der Waals surface area contributed by atoms with Crippen LogP contribution in [0.4, 0.5) is 0 Å². The van der Waals surface area contributed by atoms with Crippen molar-refractivity contribution in [2.24, 2.45) is 5.41 Å². The summed E-state index contributed by atoms with van der Waals surface area (Å²) in [7, 11) is 2.12. The maximum absolute atomic E-state index is 3.56. The van der Waals surface area contributed by atoms with E-state index in [1.807, 2.05) is 0 Å². The molecule has 0 bridgehead atoms. The number of hydrogen-bond donors (Lipinski definition) is 1. The molecule has 1 saturated carbocycles. The topological polar surface area (TPSA) is 12.0 Å². The van der Waals surface area contributed by atoms with Gasteiger partial charge in [-0.05, 0) is 67.8 Å². The third-order valence-corrected chi connectivity index (χ3v) is 6.29. The molecule has 2 unspecified atom stereocenters. The Morgan fingerprint density at radius 1 is 1.21 bits per heavy atom. The highest BCUT2D eigenvalue weighted by molar-refractivity contribution is 8.00. The van der Waals surface area contributed by atoms with Crippen molar-refractivity contribution in [3.8, 4) is 0 Å². The second kappa shape index (κ2) is 5.14. The monoisotopic (exact) mass is 275 g/mol. The van der Waals surface area contributed by atoms with Gasteiger partial charge in [-0.15, -0.1) is 11.8 Å². The van der Waals surface area contributed by atoms with Gasteiger partial charge in [-0.2, -0.15) is 0 Å². The van der Waals surface area contributed by atoms with Crippen LogP contribution in [0.1, 0.15) is 44.2 Å². The molecule has 2 atom stereocenters. The summed E-state index contributed by atoms with van der Waals surface area (Å²) >= 11 is 2.09. The first-order chi connectivity index (χ1) is 9.10. The van der Waals surface area contributed by atoms with Crippen LogP contribution in [0, 0.1) is 5.41 Å². The van der Waals surface area contributed by atoms with Crippen LogP contribution < -0.4 is 5.32 Å². The lowest BCUT2D eigenvalue weighted by molar-refractivity contribution is 0.300. The third-order valence-electron chi connectivity index (χ3n) is 4.96. The van der Waals surface area contributed by atoms with Crippen LogP contribution in [0.2, 0.25) is 0 Å². The van der Waals surface area contributed by atoms with E-state index in [4.69, 9.17) is 0 Å². The lowest BCUT2D eigenvalue weighted by Gasteiger charge is -2.30. The summed E-state index contributed by atoms with van der Waals surface area (Å²) < 4.78 is 0. The van der Waals surface area contributed by atoms with Gasteiger partial charge >= 0.3 is 0 Å². The predicted octanol–water partition coefficient (Wildman–Crippen LogP) is 4.04. The number of hydrogen-bond acceptors (Lipinski definition) is 2. The molecule has 0 radical (unpaired) electrons. The zero-order valence-corrected chi connectivity index (χ0v) is 13.1. The SMILES string of the molecule is CNC1C(Sc2ccc3c(c2)CCC3)CCC1(C)C. The molecule has 0 aromatic heterocycles. The van der Waals surface area contributed by atoms with Gasteiger partial charge in [0.25, 0.3) is 0 Å². The fourth-order valence-corrected chi connectivity index (χ4v) is 5.42.